The van der Waals surface area contributed by atoms with E-state index in [0.29, 0.717) is 34.0 Å². The van der Waals surface area contributed by atoms with Gasteiger partial charge in [-0.2, -0.15) is 0 Å². The Morgan fingerprint density at radius 2 is 1.93 bits per heavy atom. The molecule has 4 rings (SSSR count). The molecule has 0 aliphatic rings. The van der Waals surface area contributed by atoms with Crippen molar-refractivity contribution in [2.45, 2.75) is 11.7 Å². The van der Waals surface area contributed by atoms with E-state index in [4.69, 9.17) is 4.74 Å². The highest BCUT2D eigenvalue weighted by Crippen LogP contribution is 2.27. The van der Waals surface area contributed by atoms with Gasteiger partial charge in [-0.15, -0.1) is 11.3 Å². The first kappa shape index (κ1) is 20.2. The summed E-state index contributed by atoms with van der Waals surface area (Å²) in [5.41, 5.74) is 0.978. The van der Waals surface area contributed by atoms with Crippen LogP contribution in [0.25, 0.3) is 16.6 Å². The van der Waals surface area contributed by atoms with Crippen LogP contribution in [-0.2, 0) is 11.3 Å². The zero-order valence-electron chi connectivity index (χ0n) is 16.2. The minimum absolute atomic E-state index is 0.123. The van der Waals surface area contributed by atoms with Crippen LogP contribution in [0, 0.1) is 0 Å². The smallest absolute Gasteiger partial charge is 0.266 e. The van der Waals surface area contributed by atoms with Crippen molar-refractivity contribution >= 4 is 39.9 Å². The quantitative estimate of drug-likeness (QED) is 0.351. The zero-order chi connectivity index (χ0) is 20.9. The summed E-state index contributed by atoms with van der Waals surface area (Å²) in [7, 11) is 1.56. The van der Waals surface area contributed by atoms with Gasteiger partial charge in [0, 0.05) is 4.88 Å². The molecule has 0 aliphatic carbocycles. The molecular formula is C22H19N3O3S2. The number of nitrogens with one attached hydrogen (secondary N) is 1. The Hall–Kier alpha value is -3.10. The minimum Gasteiger partial charge on any atom is -0.495 e. The molecule has 4 aromatic rings. The molecule has 0 unspecified atom stereocenters. The van der Waals surface area contributed by atoms with Crippen molar-refractivity contribution in [1.29, 1.82) is 0 Å². The van der Waals surface area contributed by atoms with E-state index < -0.39 is 0 Å². The Morgan fingerprint density at radius 3 is 2.73 bits per heavy atom. The molecular weight excluding hydrogens is 418 g/mol. The number of fused-ring (bicyclic) bond motifs is 1. The molecule has 0 spiro atoms. The Kier molecular flexibility index (Phi) is 6.15. The Balaban J connectivity index is 1.67. The summed E-state index contributed by atoms with van der Waals surface area (Å²) < 4.78 is 6.96. The standard InChI is InChI=1S/C22H19N3O3S2/c1-28-19-11-5-4-10-18(19)25-21(27)16-8-2-3-9-17(16)24-22(25)30-14-20(26)23-13-15-7-6-12-29-15/h2-12H,13-14H2,1H3,(H,23,26). The topological polar surface area (TPSA) is 73.2 Å². The number of thioether (sulfide) groups is 1. The summed E-state index contributed by atoms with van der Waals surface area (Å²) in [6.07, 6.45) is 0. The highest BCUT2D eigenvalue weighted by Gasteiger charge is 2.17. The Bertz CT molecular complexity index is 1240. The number of thiophene rings is 1. The van der Waals surface area contributed by atoms with Crippen LogP contribution >= 0.6 is 23.1 Å². The fourth-order valence-corrected chi connectivity index (χ4v) is 4.50. The van der Waals surface area contributed by atoms with E-state index in [1.165, 1.54) is 16.3 Å². The van der Waals surface area contributed by atoms with Crippen LogP contribution in [0.5, 0.6) is 5.75 Å². The van der Waals surface area contributed by atoms with Gasteiger partial charge in [0.25, 0.3) is 5.56 Å². The van der Waals surface area contributed by atoms with Crippen molar-refractivity contribution in [2.75, 3.05) is 12.9 Å². The van der Waals surface area contributed by atoms with Crippen LogP contribution in [0.3, 0.4) is 0 Å². The SMILES string of the molecule is COc1ccccc1-n1c(SCC(=O)NCc2cccs2)nc2ccccc2c1=O. The van der Waals surface area contributed by atoms with E-state index in [2.05, 4.69) is 10.3 Å². The third-order valence-corrected chi connectivity index (χ3v) is 6.26. The predicted octanol–water partition coefficient (Wildman–Crippen LogP) is 3.86. The number of benzene rings is 2. The average molecular weight is 438 g/mol. The van der Waals surface area contributed by atoms with E-state index >= 15 is 0 Å². The molecule has 30 heavy (non-hydrogen) atoms. The van der Waals surface area contributed by atoms with Crippen molar-refractivity contribution in [3.63, 3.8) is 0 Å². The minimum atomic E-state index is -0.202. The summed E-state index contributed by atoms with van der Waals surface area (Å²) in [4.78, 5) is 31.4. The van der Waals surface area contributed by atoms with E-state index in [-0.39, 0.29) is 17.2 Å². The Morgan fingerprint density at radius 1 is 1.13 bits per heavy atom. The van der Waals surface area contributed by atoms with E-state index in [1.54, 1.807) is 42.7 Å². The third-order valence-electron chi connectivity index (χ3n) is 4.44. The summed E-state index contributed by atoms with van der Waals surface area (Å²) in [5, 5.41) is 5.82. The monoisotopic (exact) mass is 437 g/mol. The maximum Gasteiger partial charge on any atom is 0.266 e. The molecule has 1 N–H and O–H groups in total. The summed E-state index contributed by atoms with van der Waals surface area (Å²) in [5.74, 6) is 0.578. The van der Waals surface area contributed by atoms with Gasteiger partial charge in [-0.05, 0) is 35.7 Å². The largest absolute Gasteiger partial charge is 0.495 e. The van der Waals surface area contributed by atoms with E-state index in [9.17, 15) is 9.59 Å². The van der Waals surface area contributed by atoms with Gasteiger partial charge in [-0.1, -0.05) is 42.1 Å². The molecule has 0 saturated heterocycles. The lowest BCUT2D eigenvalue weighted by molar-refractivity contribution is -0.118. The Labute approximate surface area is 181 Å². The zero-order valence-corrected chi connectivity index (χ0v) is 17.8. The van der Waals surface area contributed by atoms with Crippen molar-refractivity contribution in [3.05, 3.63) is 81.3 Å². The number of aromatic nitrogens is 2. The maximum atomic E-state index is 13.3. The first-order chi connectivity index (χ1) is 14.7. The van der Waals surface area contributed by atoms with E-state index in [1.807, 2.05) is 41.8 Å². The van der Waals surface area contributed by atoms with Crippen LogP contribution in [0.15, 0.2) is 76.0 Å². The van der Waals surface area contributed by atoms with Crippen LogP contribution in [0.4, 0.5) is 0 Å². The molecule has 2 aromatic carbocycles. The number of nitrogens with zero attached hydrogens (tertiary/aromatic N) is 2. The molecule has 8 heteroatoms. The molecule has 0 atom stereocenters. The van der Waals surface area contributed by atoms with Gasteiger partial charge in [-0.25, -0.2) is 4.98 Å². The molecule has 0 fully saturated rings. The lowest BCUT2D eigenvalue weighted by Crippen LogP contribution is -2.26. The second-order valence-electron chi connectivity index (χ2n) is 6.37. The number of methoxy groups -OCH3 is 1. The molecule has 0 aliphatic heterocycles. The van der Waals surface area contributed by atoms with Gasteiger partial charge in [0.05, 0.1) is 36.0 Å². The number of hydrogen-bond donors (Lipinski definition) is 1. The number of rotatable bonds is 7. The molecule has 152 valence electrons. The lowest BCUT2D eigenvalue weighted by Gasteiger charge is -2.15. The second kappa shape index (κ2) is 9.15. The van der Waals surface area contributed by atoms with E-state index in [0.717, 1.165) is 4.88 Å². The number of carbonyl (C=O) groups excluding carboxylic acids is 1. The first-order valence-electron chi connectivity index (χ1n) is 9.24. The highest BCUT2D eigenvalue weighted by molar-refractivity contribution is 7.99. The van der Waals surface area contributed by atoms with Gasteiger partial charge >= 0.3 is 0 Å². The second-order valence-corrected chi connectivity index (χ2v) is 8.34. The van der Waals surface area contributed by atoms with Crippen molar-refractivity contribution < 1.29 is 9.53 Å². The van der Waals surface area contributed by atoms with Gasteiger partial charge in [0.15, 0.2) is 5.16 Å². The van der Waals surface area contributed by atoms with Crippen LogP contribution < -0.4 is 15.6 Å². The number of hydrogen-bond acceptors (Lipinski definition) is 6. The number of carbonyl (C=O) groups is 1. The van der Waals surface area contributed by atoms with Gasteiger partial charge in [0.1, 0.15) is 5.75 Å². The van der Waals surface area contributed by atoms with Gasteiger partial charge in [-0.3, -0.25) is 14.2 Å². The van der Waals surface area contributed by atoms with Crippen molar-refractivity contribution in [2.24, 2.45) is 0 Å². The molecule has 6 nitrogen and oxygen atoms in total. The average Bonchev–Trinajstić information content (AvgIpc) is 3.30. The molecule has 0 bridgehead atoms. The molecule has 2 aromatic heterocycles. The number of amides is 1. The molecule has 1 amide bonds. The van der Waals surface area contributed by atoms with Gasteiger partial charge < -0.3 is 10.1 Å². The summed E-state index contributed by atoms with van der Waals surface area (Å²) in [6.45, 7) is 0.488. The van der Waals surface area contributed by atoms with Crippen LogP contribution in [-0.4, -0.2) is 28.3 Å². The fourth-order valence-electron chi connectivity index (χ4n) is 3.02. The van der Waals surface area contributed by atoms with Crippen LogP contribution in [0.1, 0.15) is 4.88 Å². The maximum absolute atomic E-state index is 13.3. The number of ether oxygens (including phenoxy) is 1. The highest BCUT2D eigenvalue weighted by atomic mass is 32.2. The molecule has 2 heterocycles. The van der Waals surface area contributed by atoms with Crippen molar-refractivity contribution in [1.82, 2.24) is 14.9 Å². The fraction of sp³-hybridized carbons (Fsp3) is 0.136. The first-order valence-corrected chi connectivity index (χ1v) is 11.1. The van der Waals surface area contributed by atoms with Crippen LogP contribution in [0.2, 0.25) is 0 Å². The summed E-state index contributed by atoms with van der Waals surface area (Å²) in [6, 6.07) is 18.4. The number of para-hydroxylation sites is 3. The third kappa shape index (κ3) is 4.24. The molecule has 0 radical (unpaired) electrons. The summed E-state index contributed by atoms with van der Waals surface area (Å²) >= 11 is 2.82. The lowest BCUT2D eigenvalue weighted by atomic mass is 10.2. The molecule has 0 saturated carbocycles. The predicted molar refractivity (Wildman–Crippen MR) is 121 cm³/mol. The normalized spacial score (nSPS) is 10.8. The van der Waals surface area contributed by atoms with Crippen molar-refractivity contribution in [3.8, 4) is 11.4 Å². The van der Waals surface area contributed by atoms with Gasteiger partial charge in [0.2, 0.25) is 5.91 Å².